The van der Waals surface area contributed by atoms with Gasteiger partial charge in [0.2, 0.25) is 0 Å². The molecule has 0 spiro atoms. The zero-order valence-electron chi connectivity index (χ0n) is 22.2. The molecule has 0 amide bonds. The molecule has 188 valence electrons. The van der Waals surface area contributed by atoms with Gasteiger partial charge in [0.1, 0.15) is 0 Å². The van der Waals surface area contributed by atoms with Gasteiger partial charge in [0.05, 0.1) is 0 Å². The third-order valence-electron chi connectivity index (χ3n) is 8.67. The Morgan fingerprint density at radius 2 is 0.925 bits per heavy atom. The highest BCUT2D eigenvalue weighted by molar-refractivity contribution is 5.97. The van der Waals surface area contributed by atoms with Crippen molar-refractivity contribution in [3.63, 3.8) is 0 Å². The van der Waals surface area contributed by atoms with E-state index in [1.165, 1.54) is 65.4 Å². The van der Waals surface area contributed by atoms with Gasteiger partial charge >= 0.3 is 0 Å². The van der Waals surface area contributed by atoms with Crippen LogP contribution in [0.2, 0.25) is 0 Å². The van der Waals surface area contributed by atoms with Gasteiger partial charge in [0, 0.05) is 11.8 Å². The molecular weight excluding hydrogens is 480 g/mol. The maximum absolute atomic E-state index is 2.40. The van der Waals surface area contributed by atoms with Crippen molar-refractivity contribution in [2.45, 2.75) is 0 Å². The molecule has 8 rings (SSSR count). The number of benzene rings is 6. The maximum atomic E-state index is 2.40. The van der Waals surface area contributed by atoms with Crippen LogP contribution in [-0.4, -0.2) is 0 Å². The second-order valence-corrected chi connectivity index (χ2v) is 10.9. The van der Waals surface area contributed by atoms with Crippen molar-refractivity contribution in [2.75, 3.05) is 0 Å². The zero-order chi connectivity index (χ0) is 26.5. The van der Waals surface area contributed by atoms with E-state index in [1.807, 2.05) is 0 Å². The Morgan fingerprint density at radius 1 is 0.375 bits per heavy atom. The molecule has 2 aliphatic rings. The molecule has 0 saturated heterocycles. The highest BCUT2D eigenvalue weighted by Gasteiger charge is 2.31. The molecular formula is C40H28. The summed E-state index contributed by atoms with van der Waals surface area (Å²) in [6, 6.07) is 49.1. The average Bonchev–Trinajstić information content (AvgIpc) is 3.03. The molecule has 0 saturated carbocycles. The van der Waals surface area contributed by atoms with Crippen LogP contribution < -0.4 is 10.4 Å². The summed E-state index contributed by atoms with van der Waals surface area (Å²) in [6.07, 6.45) is 9.24. The molecule has 0 aromatic heterocycles. The SMILES string of the molecule is C1=CC2C(c3ccc(-c4cccc5ccccc45)cc3)=c3ccccc3=C(c3ccc4ccccc4c3)C2C=C1. The lowest BCUT2D eigenvalue weighted by Gasteiger charge is -2.33. The third kappa shape index (κ3) is 3.68. The lowest BCUT2D eigenvalue weighted by atomic mass is 9.70. The molecule has 0 heteroatoms. The first-order valence-corrected chi connectivity index (χ1v) is 14.1. The predicted octanol–water partition coefficient (Wildman–Crippen LogP) is 8.43. The molecule has 0 radical (unpaired) electrons. The Hall–Kier alpha value is -4.94. The van der Waals surface area contributed by atoms with Gasteiger partial charge in [-0.1, -0.05) is 152 Å². The summed E-state index contributed by atoms with van der Waals surface area (Å²) in [5.41, 5.74) is 7.97. The summed E-state index contributed by atoms with van der Waals surface area (Å²) in [4.78, 5) is 0. The van der Waals surface area contributed by atoms with E-state index < -0.39 is 0 Å². The van der Waals surface area contributed by atoms with E-state index in [0.717, 1.165) is 0 Å². The molecule has 6 aromatic carbocycles. The Bertz CT molecular complexity index is 2100. The van der Waals surface area contributed by atoms with Gasteiger partial charge in [0.15, 0.2) is 0 Å². The molecule has 0 aliphatic heterocycles. The van der Waals surface area contributed by atoms with E-state index in [-0.39, 0.29) is 11.8 Å². The fourth-order valence-corrected chi connectivity index (χ4v) is 6.83. The summed E-state index contributed by atoms with van der Waals surface area (Å²) in [6.45, 7) is 0. The quantitative estimate of drug-likeness (QED) is 0.225. The van der Waals surface area contributed by atoms with Crippen LogP contribution >= 0.6 is 0 Å². The topological polar surface area (TPSA) is 0 Å². The minimum Gasteiger partial charge on any atom is -0.0760 e. The van der Waals surface area contributed by atoms with Crippen molar-refractivity contribution in [1.82, 2.24) is 0 Å². The van der Waals surface area contributed by atoms with E-state index in [1.54, 1.807) is 0 Å². The molecule has 6 aromatic rings. The first kappa shape index (κ1) is 23.0. The first-order chi connectivity index (χ1) is 19.8. The van der Waals surface area contributed by atoms with E-state index in [9.17, 15) is 0 Å². The maximum Gasteiger partial charge on any atom is 0.0137 e. The smallest absolute Gasteiger partial charge is 0.0137 e. The van der Waals surface area contributed by atoms with Crippen LogP contribution in [0, 0.1) is 11.8 Å². The molecule has 0 nitrogen and oxygen atoms in total. The molecule has 40 heavy (non-hydrogen) atoms. The van der Waals surface area contributed by atoms with Crippen LogP contribution in [0.15, 0.2) is 158 Å². The van der Waals surface area contributed by atoms with Crippen molar-refractivity contribution < 1.29 is 0 Å². The normalized spacial score (nSPS) is 17.7. The van der Waals surface area contributed by atoms with Gasteiger partial charge in [-0.05, 0) is 71.4 Å². The number of fused-ring (bicyclic) bond motifs is 4. The van der Waals surface area contributed by atoms with Crippen molar-refractivity contribution >= 4 is 32.7 Å². The van der Waals surface area contributed by atoms with Crippen molar-refractivity contribution in [1.29, 1.82) is 0 Å². The Balaban J connectivity index is 1.34. The van der Waals surface area contributed by atoms with Crippen LogP contribution in [0.1, 0.15) is 11.1 Å². The highest BCUT2D eigenvalue weighted by atomic mass is 14.3. The zero-order valence-corrected chi connectivity index (χ0v) is 22.2. The van der Waals surface area contributed by atoms with Crippen LogP contribution in [0.3, 0.4) is 0 Å². The average molecular weight is 509 g/mol. The number of hydrogen-bond acceptors (Lipinski definition) is 0. The second kappa shape index (κ2) is 9.36. The Morgan fingerprint density at radius 3 is 1.68 bits per heavy atom. The number of allylic oxidation sites excluding steroid dienone is 4. The van der Waals surface area contributed by atoms with Crippen LogP contribution in [0.25, 0.3) is 43.8 Å². The third-order valence-corrected chi connectivity index (χ3v) is 8.67. The van der Waals surface area contributed by atoms with E-state index >= 15 is 0 Å². The minimum atomic E-state index is 0.282. The predicted molar refractivity (Wildman–Crippen MR) is 169 cm³/mol. The Kier molecular flexibility index (Phi) is 5.38. The lowest BCUT2D eigenvalue weighted by Crippen LogP contribution is -2.40. The van der Waals surface area contributed by atoms with Gasteiger partial charge in [-0.25, -0.2) is 0 Å². The standard InChI is InChI=1S/C40H28/c1-2-12-31-26-32(25-20-27(31)10-1)40-37-17-7-5-15-35(37)39(36-16-6-8-18-38(36)40)30-23-21-29(22-24-30)34-19-9-13-28-11-3-4-14-33(28)34/h1-26,35,37H. The number of rotatable bonds is 3. The van der Waals surface area contributed by atoms with Crippen molar-refractivity contribution in [3.05, 3.63) is 179 Å². The highest BCUT2D eigenvalue weighted by Crippen LogP contribution is 2.41. The summed E-state index contributed by atoms with van der Waals surface area (Å²) in [7, 11) is 0. The Labute approximate surface area is 234 Å². The summed E-state index contributed by atoms with van der Waals surface area (Å²) in [5, 5.41) is 7.82. The largest absolute Gasteiger partial charge is 0.0760 e. The molecule has 2 atom stereocenters. The number of hydrogen-bond donors (Lipinski definition) is 0. The monoisotopic (exact) mass is 508 g/mol. The van der Waals surface area contributed by atoms with Gasteiger partial charge in [0.25, 0.3) is 0 Å². The van der Waals surface area contributed by atoms with Crippen LogP contribution in [0.4, 0.5) is 0 Å². The molecule has 0 N–H and O–H groups in total. The van der Waals surface area contributed by atoms with E-state index in [0.29, 0.717) is 0 Å². The summed E-state index contributed by atoms with van der Waals surface area (Å²) >= 11 is 0. The molecule has 2 aliphatic carbocycles. The molecule has 0 heterocycles. The summed E-state index contributed by atoms with van der Waals surface area (Å²) < 4.78 is 0. The van der Waals surface area contributed by atoms with Crippen molar-refractivity contribution in [2.24, 2.45) is 11.8 Å². The first-order valence-electron chi connectivity index (χ1n) is 14.1. The minimum absolute atomic E-state index is 0.282. The second-order valence-electron chi connectivity index (χ2n) is 10.9. The molecule has 0 fully saturated rings. The molecule has 0 bridgehead atoms. The molecule has 2 unspecified atom stereocenters. The summed E-state index contributed by atoms with van der Waals surface area (Å²) in [5.74, 6) is 0.568. The van der Waals surface area contributed by atoms with Crippen LogP contribution in [0.5, 0.6) is 0 Å². The fourth-order valence-electron chi connectivity index (χ4n) is 6.83. The van der Waals surface area contributed by atoms with Gasteiger partial charge in [-0.3, -0.25) is 0 Å². The van der Waals surface area contributed by atoms with Crippen molar-refractivity contribution in [3.8, 4) is 11.1 Å². The van der Waals surface area contributed by atoms with Gasteiger partial charge < -0.3 is 0 Å². The van der Waals surface area contributed by atoms with Crippen LogP contribution in [-0.2, 0) is 0 Å². The van der Waals surface area contributed by atoms with Gasteiger partial charge in [-0.15, -0.1) is 0 Å². The van der Waals surface area contributed by atoms with E-state index in [2.05, 4.69) is 158 Å². The lowest BCUT2D eigenvalue weighted by molar-refractivity contribution is 0.686. The van der Waals surface area contributed by atoms with Gasteiger partial charge in [-0.2, -0.15) is 0 Å². The fraction of sp³-hybridized carbons (Fsp3) is 0.0500. The van der Waals surface area contributed by atoms with E-state index in [4.69, 9.17) is 0 Å².